The van der Waals surface area contributed by atoms with E-state index in [0.29, 0.717) is 16.9 Å². The van der Waals surface area contributed by atoms with Crippen LogP contribution in [-0.4, -0.2) is 37.7 Å². The van der Waals surface area contributed by atoms with Crippen LogP contribution in [0, 0.1) is 0 Å². The molecule has 3 aromatic rings. The van der Waals surface area contributed by atoms with E-state index in [-0.39, 0.29) is 17.1 Å². The second-order valence-corrected chi connectivity index (χ2v) is 9.27. The van der Waals surface area contributed by atoms with Gasteiger partial charge in [-0.2, -0.15) is 4.99 Å². The Labute approximate surface area is 172 Å². The molecule has 0 fully saturated rings. The monoisotopic (exact) mass is 432 g/mol. The largest absolute Gasteiger partial charge is 0.462 e. The van der Waals surface area contributed by atoms with Gasteiger partial charge >= 0.3 is 5.97 Å². The number of sulfone groups is 1. The second-order valence-electron chi connectivity index (χ2n) is 6.25. The van der Waals surface area contributed by atoms with Crippen molar-refractivity contribution < 1.29 is 22.7 Å². The molecule has 2 aromatic carbocycles. The highest BCUT2D eigenvalue weighted by molar-refractivity contribution is 7.90. The Morgan fingerprint density at radius 1 is 1.10 bits per heavy atom. The molecule has 0 N–H and O–H groups in total. The van der Waals surface area contributed by atoms with E-state index in [1.165, 1.54) is 35.6 Å². The van der Waals surface area contributed by atoms with E-state index in [9.17, 15) is 18.0 Å². The van der Waals surface area contributed by atoms with Crippen LogP contribution in [0.25, 0.3) is 10.2 Å². The van der Waals surface area contributed by atoms with Crippen LogP contribution in [0.1, 0.15) is 34.6 Å². The van der Waals surface area contributed by atoms with Gasteiger partial charge in [0.1, 0.15) is 0 Å². The standard InChI is InChI=1S/C20H20N2O5S2/c1-4-22-16-10-9-14(19(24)27-5-2)12-17(16)28-20(22)21-18(23)13-7-6-8-15(11-13)29(3,25)26/h6-12H,4-5H2,1-3H3. The Kier molecular flexibility index (Phi) is 5.99. The summed E-state index contributed by atoms with van der Waals surface area (Å²) in [6.07, 6.45) is 1.09. The fourth-order valence-electron chi connectivity index (χ4n) is 2.82. The van der Waals surface area contributed by atoms with Crippen LogP contribution in [0.3, 0.4) is 0 Å². The van der Waals surface area contributed by atoms with Crippen molar-refractivity contribution in [3.63, 3.8) is 0 Å². The van der Waals surface area contributed by atoms with Gasteiger partial charge in [0.25, 0.3) is 5.91 Å². The van der Waals surface area contributed by atoms with Crippen molar-refractivity contribution in [2.75, 3.05) is 12.9 Å². The number of amides is 1. The minimum atomic E-state index is -3.42. The molecular formula is C20H20N2O5S2. The molecule has 0 saturated carbocycles. The van der Waals surface area contributed by atoms with Crippen LogP contribution in [0.2, 0.25) is 0 Å². The van der Waals surface area contributed by atoms with Gasteiger partial charge in [-0.15, -0.1) is 0 Å². The number of benzene rings is 2. The molecule has 0 saturated heterocycles. The van der Waals surface area contributed by atoms with E-state index < -0.39 is 21.7 Å². The number of carbonyl (C=O) groups is 2. The van der Waals surface area contributed by atoms with Crippen LogP contribution in [-0.2, 0) is 21.1 Å². The molecule has 0 bridgehead atoms. The SMILES string of the molecule is CCOC(=O)c1ccc2c(c1)sc(=NC(=O)c1cccc(S(C)(=O)=O)c1)n2CC. The van der Waals surface area contributed by atoms with Gasteiger partial charge in [0.05, 0.1) is 27.3 Å². The van der Waals surface area contributed by atoms with Gasteiger partial charge in [0, 0.05) is 18.4 Å². The number of thiazole rings is 1. The molecule has 1 heterocycles. The van der Waals surface area contributed by atoms with Gasteiger partial charge in [-0.25, -0.2) is 13.2 Å². The van der Waals surface area contributed by atoms with Gasteiger partial charge in [-0.3, -0.25) is 4.79 Å². The number of esters is 1. The third kappa shape index (κ3) is 4.46. The van der Waals surface area contributed by atoms with E-state index in [4.69, 9.17) is 4.74 Å². The lowest BCUT2D eigenvalue weighted by atomic mass is 10.2. The number of rotatable bonds is 5. The number of carbonyl (C=O) groups excluding carboxylic acids is 2. The fourth-order valence-corrected chi connectivity index (χ4v) is 4.62. The molecule has 29 heavy (non-hydrogen) atoms. The first-order valence-corrected chi connectivity index (χ1v) is 11.6. The molecule has 9 heteroatoms. The predicted octanol–water partition coefficient (Wildman–Crippen LogP) is 3.04. The molecule has 0 radical (unpaired) electrons. The van der Waals surface area contributed by atoms with Gasteiger partial charge in [-0.05, 0) is 50.2 Å². The van der Waals surface area contributed by atoms with Crippen LogP contribution in [0.4, 0.5) is 0 Å². The van der Waals surface area contributed by atoms with Crippen molar-refractivity contribution in [1.29, 1.82) is 0 Å². The van der Waals surface area contributed by atoms with Crippen molar-refractivity contribution in [2.45, 2.75) is 25.3 Å². The maximum atomic E-state index is 12.7. The zero-order valence-electron chi connectivity index (χ0n) is 16.2. The number of hydrogen-bond acceptors (Lipinski definition) is 6. The molecule has 1 amide bonds. The second kappa shape index (κ2) is 8.30. The van der Waals surface area contributed by atoms with E-state index in [1.807, 2.05) is 11.5 Å². The smallest absolute Gasteiger partial charge is 0.338 e. The molecule has 0 aliphatic carbocycles. The van der Waals surface area contributed by atoms with Gasteiger partial charge < -0.3 is 9.30 Å². The highest BCUT2D eigenvalue weighted by atomic mass is 32.2. The summed E-state index contributed by atoms with van der Waals surface area (Å²) >= 11 is 1.28. The maximum Gasteiger partial charge on any atom is 0.338 e. The minimum Gasteiger partial charge on any atom is -0.462 e. The summed E-state index contributed by atoms with van der Waals surface area (Å²) in [6.45, 7) is 4.54. The summed E-state index contributed by atoms with van der Waals surface area (Å²) in [5.74, 6) is -0.937. The molecular weight excluding hydrogens is 412 g/mol. The van der Waals surface area contributed by atoms with E-state index in [1.54, 1.807) is 25.1 Å². The lowest BCUT2D eigenvalue weighted by Crippen LogP contribution is -2.16. The summed E-state index contributed by atoms with van der Waals surface area (Å²) in [4.78, 5) is 29.4. The lowest BCUT2D eigenvalue weighted by Gasteiger charge is -2.03. The summed E-state index contributed by atoms with van der Waals surface area (Å²) < 4.78 is 31.2. The third-order valence-corrected chi connectivity index (χ3v) is 6.37. The molecule has 3 rings (SSSR count). The zero-order chi connectivity index (χ0) is 21.2. The molecule has 0 aliphatic rings. The van der Waals surface area contributed by atoms with Gasteiger partial charge in [0.2, 0.25) is 0 Å². The molecule has 0 unspecified atom stereocenters. The normalized spacial score (nSPS) is 12.3. The van der Waals surface area contributed by atoms with Crippen molar-refractivity contribution >= 4 is 43.3 Å². The quantitative estimate of drug-likeness (QED) is 0.578. The summed E-state index contributed by atoms with van der Waals surface area (Å²) in [5, 5.41) is 0. The zero-order valence-corrected chi connectivity index (χ0v) is 17.8. The Hall–Kier alpha value is -2.78. The Morgan fingerprint density at radius 2 is 1.86 bits per heavy atom. The van der Waals surface area contributed by atoms with Crippen molar-refractivity contribution in [2.24, 2.45) is 4.99 Å². The molecule has 0 aliphatic heterocycles. The first-order chi connectivity index (χ1) is 13.7. The van der Waals surface area contributed by atoms with Crippen LogP contribution >= 0.6 is 11.3 Å². The fraction of sp³-hybridized carbons (Fsp3) is 0.250. The highest BCUT2D eigenvalue weighted by Gasteiger charge is 2.14. The van der Waals surface area contributed by atoms with Crippen LogP contribution in [0.15, 0.2) is 52.4 Å². The van der Waals surface area contributed by atoms with Gasteiger partial charge in [-0.1, -0.05) is 17.4 Å². The molecule has 0 atom stereocenters. The van der Waals surface area contributed by atoms with Crippen molar-refractivity contribution in [3.8, 4) is 0 Å². The summed E-state index contributed by atoms with van der Waals surface area (Å²) in [7, 11) is -3.42. The van der Waals surface area contributed by atoms with Crippen molar-refractivity contribution in [3.05, 3.63) is 58.4 Å². The minimum absolute atomic E-state index is 0.0670. The molecule has 0 spiro atoms. The van der Waals surface area contributed by atoms with Crippen molar-refractivity contribution in [1.82, 2.24) is 4.57 Å². The first-order valence-electron chi connectivity index (χ1n) is 8.94. The lowest BCUT2D eigenvalue weighted by molar-refractivity contribution is 0.0526. The number of aryl methyl sites for hydroxylation is 1. The Morgan fingerprint density at radius 3 is 2.52 bits per heavy atom. The van der Waals surface area contributed by atoms with Gasteiger partial charge in [0.15, 0.2) is 14.6 Å². The molecule has 1 aromatic heterocycles. The summed E-state index contributed by atoms with van der Waals surface area (Å²) in [5.41, 5.74) is 1.48. The number of ether oxygens (including phenoxy) is 1. The summed E-state index contributed by atoms with van der Waals surface area (Å²) in [6, 6.07) is 11.0. The first kappa shape index (κ1) is 20.9. The highest BCUT2D eigenvalue weighted by Crippen LogP contribution is 2.20. The predicted molar refractivity (Wildman–Crippen MR) is 111 cm³/mol. The molecule has 7 nitrogen and oxygen atoms in total. The Balaban J connectivity index is 2.07. The average molecular weight is 433 g/mol. The van der Waals surface area contributed by atoms with Crippen LogP contribution < -0.4 is 4.80 Å². The molecule has 152 valence electrons. The van der Waals surface area contributed by atoms with E-state index in [0.717, 1.165) is 16.5 Å². The number of fused-ring (bicyclic) bond motifs is 1. The average Bonchev–Trinajstić information content (AvgIpc) is 3.03. The van der Waals surface area contributed by atoms with E-state index in [2.05, 4.69) is 4.99 Å². The maximum absolute atomic E-state index is 12.7. The van der Waals surface area contributed by atoms with E-state index >= 15 is 0 Å². The Bertz CT molecular complexity index is 1270. The number of nitrogens with zero attached hydrogens (tertiary/aromatic N) is 2. The number of hydrogen-bond donors (Lipinski definition) is 0. The number of aromatic nitrogens is 1. The third-order valence-electron chi connectivity index (χ3n) is 4.22. The topological polar surface area (TPSA) is 94.8 Å². The van der Waals surface area contributed by atoms with Crippen LogP contribution in [0.5, 0.6) is 0 Å².